The third kappa shape index (κ3) is 7.22. The predicted octanol–water partition coefficient (Wildman–Crippen LogP) is 2.37. The Morgan fingerprint density at radius 2 is 1.84 bits per heavy atom. The highest BCUT2D eigenvalue weighted by Gasteiger charge is 2.34. The first-order chi connectivity index (χ1) is 11.3. The second-order valence-corrected chi connectivity index (χ2v) is 7.72. The van der Waals surface area contributed by atoms with Crippen molar-refractivity contribution >= 4 is 30.7 Å². The molecule has 0 radical (unpaired) electrons. The Kier molecular flexibility index (Phi) is 10.7. The molecule has 1 saturated carbocycles. The smallest absolute Gasteiger partial charge is 0.221 e. The van der Waals surface area contributed by atoms with Gasteiger partial charge in [-0.25, -0.2) is 0 Å². The van der Waals surface area contributed by atoms with Gasteiger partial charge in [0.1, 0.15) is 0 Å². The molecule has 2 heterocycles. The zero-order valence-corrected chi connectivity index (χ0v) is 16.9. The van der Waals surface area contributed by atoms with Crippen molar-refractivity contribution in [3.63, 3.8) is 0 Å². The lowest BCUT2D eigenvalue weighted by atomic mass is 9.73. The maximum Gasteiger partial charge on any atom is 0.221 e. The molecule has 0 aromatic rings. The summed E-state index contributed by atoms with van der Waals surface area (Å²) in [6.45, 7) is 6.85. The molecule has 3 aliphatic rings. The summed E-state index contributed by atoms with van der Waals surface area (Å²) in [7, 11) is 0. The molecule has 2 aliphatic heterocycles. The van der Waals surface area contributed by atoms with Crippen LogP contribution >= 0.6 is 24.8 Å². The molecule has 1 atom stereocenters. The summed E-state index contributed by atoms with van der Waals surface area (Å²) in [6, 6.07) is 0.400. The van der Waals surface area contributed by atoms with Crippen molar-refractivity contribution < 1.29 is 9.53 Å². The van der Waals surface area contributed by atoms with E-state index < -0.39 is 0 Å². The number of amides is 1. The molecule has 0 bridgehead atoms. The number of nitrogens with one attached hydrogen (secondary N) is 2. The van der Waals surface area contributed by atoms with Crippen molar-refractivity contribution in [2.45, 2.75) is 57.4 Å². The Labute approximate surface area is 164 Å². The molecule has 0 aromatic heterocycles. The summed E-state index contributed by atoms with van der Waals surface area (Å²) in [6.07, 6.45) is 9.48. The highest BCUT2D eigenvalue weighted by molar-refractivity contribution is 5.85. The molecule has 2 saturated heterocycles. The summed E-state index contributed by atoms with van der Waals surface area (Å²) in [4.78, 5) is 14.8. The van der Waals surface area contributed by atoms with Gasteiger partial charge < -0.3 is 15.4 Å². The first-order valence-electron chi connectivity index (χ1n) is 9.56. The number of carbonyl (C=O) groups excluding carboxylic acids is 1. The number of morpholine rings is 1. The highest BCUT2D eigenvalue weighted by Crippen LogP contribution is 2.36. The molecule has 0 spiro atoms. The van der Waals surface area contributed by atoms with Crippen LogP contribution in [0.15, 0.2) is 0 Å². The number of halogens is 2. The van der Waals surface area contributed by atoms with Crippen LogP contribution in [0.2, 0.25) is 0 Å². The summed E-state index contributed by atoms with van der Waals surface area (Å²) in [5.41, 5.74) is 0.286. The van der Waals surface area contributed by atoms with Crippen molar-refractivity contribution in [1.82, 2.24) is 15.5 Å². The van der Waals surface area contributed by atoms with Gasteiger partial charge in [-0.1, -0.05) is 19.3 Å². The van der Waals surface area contributed by atoms with Gasteiger partial charge in [-0.2, -0.15) is 0 Å². The lowest BCUT2D eigenvalue weighted by molar-refractivity contribution is -0.122. The minimum absolute atomic E-state index is 0. The molecule has 7 heteroatoms. The van der Waals surface area contributed by atoms with Gasteiger partial charge in [0.05, 0.1) is 13.2 Å². The van der Waals surface area contributed by atoms with Gasteiger partial charge in [0.15, 0.2) is 0 Å². The van der Waals surface area contributed by atoms with Crippen molar-refractivity contribution in [2.24, 2.45) is 5.41 Å². The largest absolute Gasteiger partial charge is 0.379 e. The van der Waals surface area contributed by atoms with E-state index in [-0.39, 0.29) is 36.1 Å². The first-order valence-corrected chi connectivity index (χ1v) is 9.56. The van der Waals surface area contributed by atoms with Crippen LogP contribution in [-0.4, -0.2) is 62.8 Å². The molecular formula is C18H35Cl2N3O2. The number of hydrogen-bond donors (Lipinski definition) is 2. The Bertz CT molecular complexity index is 381. The maximum absolute atomic E-state index is 12.3. The van der Waals surface area contributed by atoms with E-state index in [4.69, 9.17) is 4.74 Å². The standard InChI is InChI=1S/C18H33N3O2.2ClH/c22-17(13-16-5-4-8-19-16)20-14-18(6-2-1-3-7-18)15-21-9-11-23-12-10-21;;/h16,19H,1-15H2,(H,20,22);2*1H. The van der Waals surface area contributed by atoms with Crippen molar-refractivity contribution in [3.8, 4) is 0 Å². The van der Waals surface area contributed by atoms with Crippen molar-refractivity contribution in [2.75, 3.05) is 45.9 Å². The SMILES string of the molecule is Cl.Cl.O=C(CC1CCCN1)NCC1(CN2CCOCC2)CCCCC1. The van der Waals surface area contributed by atoms with Crippen LogP contribution in [0.1, 0.15) is 51.4 Å². The minimum Gasteiger partial charge on any atom is -0.379 e. The summed E-state index contributed by atoms with van der Waals surface area (Å²) in [5, 5.41) is 6.69. The summed E-state index contributed by atoms with van der Waals surface area (Å²) >= 11 is 0. The van der Waals surface area contributed by atoms with Gasteiger partial charge in [-0.05, 0) is 32.2 Å². The fraction of sp³-hybridized carbons (Fsp3) is 0.944. The number of carbonyl (C=O) groups is 1. The van der Waals surface area contributed by atoms with Crippen LogP contribution in [0, 0.1) is 5.41 Å². The Hall–Kier alpha value is -0.0700. The lowest BCUT2D eigenvalue weighted by Crippen LogP contribution is -2.49. The van der Waals surface area contributed by atoms with Crippen LogP contribution < -0.4 is 10.6 Å². The van der Waals surface area contributed by atoms with Gasteiger partial charge in [0, 0.05) is 44.1 Å². The van der Waals surface area contributed by atoms with Gasteiger partial charge >= 0.3 is 0 Å². The van der Waals surface area contributed by atoms with E-state index in [9.17, 15) is 4.79 Å². The van der Waals surface area contributed by atoms with E-state index in [1.807, 2.05) is 0 Å². The Balaban J connectivity index is 0.00000156. The van der Waals surface area contributed by atoms with Gasteiger partial charge in [-0.15, -0.1) is 24.8 Å². The first kappa shape index (κ1) is 23.0. The van der Waals surface area contributed by atoms with Gasteiger partial charge in [-0.3, -0.25) is 9.69 Å². The highest BCUT2D eigenvalue weighted by atomic mass is 35.5. The van der Waals surface area contributed by atoms with Gasteiger partial charge in [0.2, 0.25) is 5.91 Å². The van der Waals surface area contributed by atoms with E-state index in [1.54, 1.807) is 0 Å². The average Bonchev–Trinajstić information content (AvgIpc) is 3.08. The summed E-state index contributed by atoms with van der Waals surface area (Å²) < 4.78 is 5.48. The second kappa shape index (κ2) is 11.6. The lowest BCUT2D eigenvalue weighted by Gasteiger charge is -2.42. The van der Waals surface area contributed by atoms with Crippen LogP contribution in [0.3, 0.4) is 0 Å². The number of ether oxygens (including phenoxy) is 1. The van der Waals surface area contributed by atoms with Crippen LogP contribution in [0.25, 0.3) is 0 Å². The second-order valence-electron chi connectivity index (χ2n) is 7.72. The third-order valence-electron chi connectivity index (χ3n) is 5.83. The van der Waals surface area contributed by atoms with Gasteiger partial charge in [0.25, 0.3) is 0 Å². The Morgan fingerprint density at radius 3 is 2.48 bits per heavy atom. The molecular weight excluding hydrogens is 361 g/mol. The number of hydrogen-bond acceptors (Lipinski definition) is 4. The molecule has 148 valence electrons. The van der Waals surface area contributed by atoms with E-state index in [0.29, 0.717) is 12.5 Å². The quantitative estimate of drug-likeness (QED) is 0.724. The molecule has 0 aromatic carbocycles. The molecule has 3 fully saturated rings. The molecule has 1 unspecified atom stereocenters. The monoisotopic (exact) mass is 395 g/mol. The minimum atomic E-state index is 0. The number of nitrogens with zero attached hydrogens (tertiary/aromatic N) is 1. The zero-order valence-electron chi connectivity index (χ0n) is 15.3. The van der Waals surface area contributed by atoms with Crippen LogP contribution in [0.5, 0.6) is 0 Å². The summed E-state index contributed by atoms with van der Waals surface area (Å²) in [5.74, 6) is 0.233. The molecule has 3 rings (SSSR count). The van der Waals surface area contributed by atoms with Crippen molar-refractivity contribution in [1.29, 1.82) is 0 Å². The van der Waals surface area contributed by atoms with E-state index >= 15 is 0 Å². The van der Waals surface area contributed by atoms with Crippen LogP contribution in [0.4, 0.5) is 0 Å². The molecule has 5 nitrogen and oxygen atoms in total. The third-order valence-corrected chi connectivity index (χ3v) is 5.83. The maximum atomic E-state index is 12.3. The predicted molar refractivity (Wildman–Crippen MR) is 106 cm³/mol. The normalized spacial score (nSPS) is 26.3. The fourth-order valence-corrected chi connectivity index (χ4v) is 4.44. The molecule has 25 heavy (non-hydrogen) atoms. The molecule has 2 N–H and O–H groups in total. The van der Waals surface area contributed by atoms with Crippen molar-refractivity contribution in [3.05, 3.63) is 0 Å². The van der Waals surface area contributed by atoms with E-state index in [2.05, 4.69) is 15.5 Å². The van der Waals surface area contributed by atoms with Crippen LogP contribution in [-0.2, 0) is 9.53 Å². The Morgan fingerprint density at radius 1 is 1.12 bits per heavy atom. The topological polar surface area (TPSA) is 53.6 Å². The average molecular weight is 396 g/mol. The van der Waals surface area contributed by atoms with E-state index in [0.717, 1.165) is 52.4 Å². The fourth-order valence-electron chi connectivity index (χ4n) is 4.44. The molecule has 1 aliphatic carbocycles. The molecule has 1 amide bonds. The number of rotatable bonds is 6. The van der Waals surface area contributed by atoms with E-state index in [1.165, 1.54) is 38.5 Å². The zero-order chi connectivity index (χ0) is 16.0.